The SMILES string of the molecule is CCCS(=O)(=O)N1CCCC1C(=O)N1CCN(C(=O)c2ccc(CC)cc2)CC1. The maximum atomic E-state index is 13.0. The van der Waals surface area contributed by atoms with Crippen LogP contribution >= 0.6 is 0 Å². The lowest BCUT2D eigenvalue weighted by molar-refractivity contribution is -0.136. The van der Waals surface area contributed by atoms with E-state index in [1.165, 1.54) is 9.87 Å². The van der Waals surface area contributed by atoms with Gasteiger partial charge in [0.1, 0.15) is 6.04 Å². The van der Waals surface area contributed by atoms with Crippen molar-refractivity contribution < 1.29 is 18.0 Å². The molecule has 0 N–H and O–H groups in total. The first kappa shape index (κ1) is 21.8. The van der Waals surface area contributed by atoms with Gasteiger partial charge in [-0.1, -0.05) is 26.0 Å². The first-order valence-electron chi connectivity index (χ1n) is 10.5. The van der Waals surface area contributed by atoms with E-state index in [2.05, 4.69) is 6.92 Å². The van der Waals surface area contributed by atoms with Crippen molar-refractivity contribution in [3.8, 4) is 0 Å². The zero-order valence-electron chi connectivity index (χ0n) is 17.3. The van der Waals surface area contributed by atoms with E-state index in [1.54, 1.807) is 9.80 Å². The van der Waals surface area contributed by atoms with Gasteiger partial charge in [0.2, 0.25) is 15.9 Å². The molecule has 2 aliphatic heterocycles. The Labute approximate surface area is 173 Å². The maximum absolute atomic E-state index is 13.0. The third kappa shape index (κ3) is 4.80. The molecule has 0 radical (unpaired) electrons. The number of sulfonamides is 1. The highest BCUT2D eigenvalue weighted by Gasteiger charge is 2.40. The smallest absolute Gasteiger partial charge is 0.253 e. The van der Waals surface area contributed by atoms with Crippen LogP contribution in [0.4, 0.5) is 0 Å². The van der Waals surface area contributed by atoms with E-state index >= 15 is 0 Å². The number of piperazine rings is 1. The fraction of sp³-hybridized carbons (Fsp3) is 0.619. The summed E-state index contributed by atoms with van der Waals surface area (Å²) in [6.45, 7) is 6.14. The van der Waals surface area contributed by atoms with E-state index in [9.17, 15) is 18.0 Å². The molecule has 29 heavy (non-hydrogen) atoms. The highest BCUT2D eigenvalue weighted by molar-refractivity contribution is 7.89. The summed E-state index contributed by atoms with van der Waals surface area (Å²) >= 11 is 0. The van der Waals surface area contributed by atoms with E-state index in [0.717, 1.165) is 6.42 Å². The number of hydrogen-bond acceptors (Lipinski definition) is 4. The van der Waals surface area contributed by atoms with Gasteiger partial charge in [0.25, 0.3) is 5.91 Å². The molecule has 2 saturated heterocycles. The molecule has 3 rings (SSSR count). The van der Waals surface area contributed by atoms with Crippen LogP contribution < -0.4 is 0 Å². The predicted molar refractivity (Wildman–Crippen MR) is 112 cm³/mol. The second-order valence-corrected chi connectivity index (χ2v) is 9.79. The molecule has 1 aromatic carbocycles. The molecular weight excluding hydrogens is 390 g/mol. The van der Waals surface area contributed by atoms with E-state index < -0.39 is 16.1 Å². The highest BCUT2D eigenvalue weighted by atomic mass is 32.2. The van der Waals surface area contributed by atoms with Crippen molar-refractivity contribution >= 4 is 21.8 Å². The molecule has 2 fully saturated rings. The molecule has 1 aromatic rings. The number of carbonyl (C=O) groups excluding carboxylic acids is 2. The first-order valence-corrected chi connectivity index (χ1v) is 12.1. The summed E-state index contributed by atoms with van der Waals surface area (Å²) in [6, 6.07) is 7.06. The Morgan fingerprint density at radius 3 is 2.17 bits per heavy atom. The Morgan fingerprint density at radius 1 is 0.966 bits per heavy atom. The van der Waals surface area contributed by atoms with Crippen molar-refractivity contribution in [1.82, 2.24) is 14.1 Å². The second kappa shape index (κ2) is 9.26. The Balaban J connectivity index is 1.59. The maximum Gasteiger partial charge on any atom is 0.253 e. The molecule has 0 bridgehead atoms. The Kier molecular flexibility index (Phi) is 6.95. The summed E-state index contributed by atoms with van der Waals surface area (Å²) in [5.74, 6) is -0.0649. The van der Waals surface area contributed by atoms with Crippen LogP contribution in [0.5, 0.6) is 0 Å². The predicted octanol–water partition coefficient (Wildman–Crippen LogP) is 1.74. The minimum absolute atomic E-state index is 0.0206. The van der Waals surface area contributed by atoms with E-state index in [4.69, 9.17) is 0 Å². The van der Waals surface area contributed by atoms with Gasteiger partial charge in [-0.3, -0.25) is 9.59 Å². The molecule has 0 aliphatic carbocycles. The number of nitrogens with zero attached hydrogens (tertiary/aromatic N) is 3. The molecule has 2 heterocycles. The van der Waals surface area contributed by atoms with Crippen molar-refractivity contribution in [2.45, 2.75) is 45.6 Å². The van der Waals surface area contributed by atoms with Crippen LogP contribution in [-0.4, -0.2) is 78.9 Å². The minimum Gasteiger partial charge on any atom is -0.338 e. The van der Waals surface area contributed by atoms with Crippen LogP contribution in [-0.2, 0) is 21.2 Å². The summed E-state index contributed by atoms with van der Waals surface area (Å²) in [7, 11) is -3.39. The van der Waals surface area contributed by atoms with E-state index in [1.807, 2.05) is 31.2 Å². The quantitative estimate of drug-likeness (QED) is 0.701. The van der Waals surface area contributed by atoms with Gasteiger partial charge in [-0.25, -0.2) is 8.42 Å². The van der Waals surface area contributed by atoms with Crippen LogP contribution in [0.15, 0.2) is 24.3 Å². The summed E-state index contributed by atoms with van der Waals surface area (Å²) in [5.41, 5.74) is 1.85. The number of benzene rings is 1. The molecule has 2 amide bonds. The molecule has 1 unspecified atom stereocenters. The van der Waals surface area contributed by atoms with Gasteiger partial charge in [-0.05, 0) is 43.4 Å². The Morgan fingerprint density at radius 2 is 1.59 bits per heavy atom. The molecule has 2 aliphatic rings. The van der Waals surface area contributed by atoms with E-state index in [-0.39, 0.29) is 17.6 Å². The minimum atomic E-state index is -3.39. The number of carbonyl (C=O) groups is 2. The fourth-order valence-electron chi connectivity index (χ4n) is 4.10. The molecule has 160 valence electrons. The zero-order chi connectivity index (χ0) is 21.0. The van der Waals surface area contributed by atoms with Gasteiger partial charge in [0.05, 0.1) is 5.75 Å². The Bertz CT molecular complexity index is 830. The van der Waals surface area contributed by atoms with Gasteiger partial charge in [0.15, 0.2) is 0 Å². The lowest BCUT2D eigenvalue weighted by atomic mass is 10.1. The molecule has 7 nitrogen and oxygen atoms in total. The van der Waals surface area contributed by atoms with Crippen LogP contribution in [0.1, 0.15) is 49.0 Å². The summed E-state index contributed by atoms with van der Waals surface area (Å²) in [4.78, 5) is 29.2. The summed E-state index contributed by atoms with van der Waals surface area (Å²) in [6.07, 6.45) is 2.76. The third-order valence-electron chi connectivity index (χ3n) is 5.80. The molecule has 0 spiro atoms. The molecule has 1 atom stereocenters. The zero-order valence-corrected chi connectivity index (χ0v) is 18.2. The van der Waals surface area contributed by atoms with Gasteiger partial charge in [-0.15, -0.1) is 0 Å². The van der Waals surface area contributed by atoms with Gasteiger partial charge in [-0.2, -0.15) is 4.31 Å². The van der Waals surface area contributed by atoms with Crippen LogP contribution in [0.2, 0.25) is 0 Å². The molecular formula is C21H31N3O4S. The van der Waals surface area contributed by atoms with Crippen molar-refractivity contribution in [3.63, 3.8) is 0 Å². The molecule has 0 aromatic heterocycles. The first-order chi connectivity index (χ1) is 13.9. The average molecular weight is 422 g/mol. The number of aryl methyl sites for hydroxylation is 1. The summed E-state index contributed by atoms with van der Waals surface area (Å²) in [5, 5.41) is 0. The van der Waals surface area contributed by atoms with Crippen molar-refractivity contribution in [2.75, 3.05) is 38.5 Å². The molecule has 0 saturated carbocycles. The number of hydrogen-bond donors (Lipinski definition) is 0. The lowest BCUT2D eigenvalue weighted by Gasteiger charge is -2.37. The van der Waals surface area contributed by atoms with Crippen molar-refractivity contribution in [1.29, 1.82) is 0 Å². The van der Waals surface area contributed by atoms with Crippen LogP contribution in [0.3, 0.4) is 0 Å². The second-order valence-electron chi connectivity index (χ2n) is 7.75. The van der Waals surface area contributed by atoms with Crippen LogP contribution in [0.25, 0.3) is 0 Å². The average Bonchev–Trinajstić information content (AvgIpc) is 3.24. The standard InChI is InChI=1S/C21H31N3O4S/c1-3-16-29(27,28)24-11-5-6-19(24)21(26)23-14-12-22(13-15-23)20(25)18-9-7-17(4-2)8-10-18/h7-10,19H,3-6,11-16H2,1-2H3. The van der Waals surface area contributed by atoms with Gasteiger partial charge < -0.3 is 9.80 Å². The largest absolute Gasteiger partial charge is 0.338 e. The number of amides is 2. The fourth-order valence-corrected chi connectivity index (χ4v) is 5.84. The van der Waals surface area contributed by atoms with Gasteiger partial charge in [0, 0.05) is 38.3 Å². The van der Waals surface area contributed by atoms with E-state index in [0.29, 0.717) is 57.5 Å². The monoisotopic (exact) mass is 421 g/mol. The van der Waals surface area contributed by atoms with Crippen molar-refractivity contribution in [3.05, 3.63) is 35.4 Å². The number of rotatable bonds is 6. The van der Waals surface area contributed by atoms with Crippen LogP contribution in [0, 0.1) is 0 Å². The molecule has 8 heteroatoms. The third-order valence-corrected chi connectivity index (χ3v) is 7.87. The van der Waals surface area contributed by atoms with Crippen molar-refractivity contribution in [2.24, 2.45) is 0 Å². The van der Waals surface area contributed by atoms with Gasteiger partial charge >= 0.3 is 0 Å². The lowest BCUT2D eigenvalue weighted by Crippen LogP contribution is -2.55. The summed E-state index contributed by atoms with van der Waals surface area (Å²) < 4.78 is 26.3. The topological polar surface area (TPSA) is 78.0 Å². The normalized spacial score (nSPS) is 20.8. The highest BCUT2D eigenvalue weighted by Crippen LogP contribution is 2.24. The Hall–Kier alpha value is -1.93.